The SMILES string of the molecule is OC1CCCCC1c1nc(Cc2ccccc2)no1. The summed E-state index contributed by atoms with van der Waals surface area (Å²) in [4.78, 5) is 4.44. The third-order valence-corrected chi connectivity index (χ3v) is 3.74. The molecule has 2 unspecified atom stereocenters. The Balaban J connectivity index is 1.72. The average molecular weight is 258 g/mol. The van der Waals surface area contributed by atoms with Gasteiger partial charge in [-0.3, -0.25) is 0 Å². The highest BCUT2D eigenvalue weighted by Gasteiger charge is 2.29. The van der Waals surface area contributed by atoms with Gasteiger partial charge < -0.3 is 9.63 Å². The first kappa shape index (κ1) is 12.4. The van der Waals surface area contributed by atoms with Crippen molar-refractivity contribution in [2.24, 2.45) is 0 Å². The van der Waals surface area contributed by atoms with Crippen LogP contribution in [0, 0.1) is 0 Å². The van der Waals surface area contributed by atoms with Gasteiger partial charge in [0.25, 0.3) is 0 Å². The highest BCUT2D eigenvalue weighted by molar-refractivity contribution is 5.18. The monoisotopic (exact) mass is 258 g/mol. The Hall–Kier alpha value is -1.68. The fourth-order valence-corrected chi connectivity index (χ4v) is 2.67. The Kier molecular flexibility index (Phi) is 3.60. The Morgan fingerprint density at radius 1 is 1.16 bits per heavy atom. The molecule has 4 heteroatoms. The second-order valence-electron chi connectivity index (χ2n) is 5.17. The molecule has 1 N–H and O–H groups in total. The molecule has 0 saturated heterocycles. The molecular weight excluding hydrogens is 240 g/mol. The van der Waals surface area contributed by atoms with E-state index in [0.29, 0.717) is 18.1 Å². The molecule has 1 fully saturated rings. The summed E-state index contributed by atoms with van der Waals surface area (Å²) < 4.78 is 5.33. The van der Waals surface area contributed by atoms with Crippen LogP contribution in [0.3, 0.4) is 0 Å². The summed E-state index contributed by atoms with van der Waals surface area (Å²) >= 11 is 0. The van der Waals surface area contributed by atoms with Crippen molar-refractivity contribution in [1.29, 1.82) is 0 Å². The molecule has 100 valence electrons. The van der Waals surface area contributed by atoms with Crippen LogP contribution in [-0.2, 0) is 6.42 Å². The Morgan fingerprint density at radius 2 is 1.95 bits per heavy atom. The van der Waals surface area contributed by atoms with Crippen molar-refractivity contribution in [3.8, 4) is 0 Å². The van der Waals surface area contributed by atoms with Crippen LogP contribution in [0.2, 0.25) is 0 Å². The van der Waals surface area contributed by atoms with Crippen LogP contribution in [-0.4, -0.2) is 21.4 Å². The smallest absolute Gasteiger partial charge is 0.232 e. The zero-order valence-corrected chi connectivity index (χ0v) is 10.8. The molecule has 2 aromatic rings. The van der Waals surface area contributed by atoms with Crippen LogP contribution in [0.5, 0.6) is 0 Å². The first-order chi connectivity index (χ1) is 9.33. The molecule has 0 aliphatic heterocycles. The number of aromatic nitrogens is 2. The summed E-state index contributed by atoms with van der Waals surface area (Å²) in [7, 11) is 0. The lowest BCUT2D eigenvalue weighted by molar-refractivity contribution is 0.0908. The van der Waals surface area contributed by atoms with Gasteiger partial charge in [-0.2, -0.15) is 4.98 Å². The van der Waals surface area contributed by atoms with Crippen molar-refractivity contribution in [3.05, 3.63) is 47.6 Å². The lowest BCUT2D eigenvalue weighted by Crippen LogP contribution is -2.22. The van der Waals surface area contributed by atoms with E-state index in [1.807, 2.05) is 30.3 Å². The van der Waals surface area contributed by atoms with E-state index in [-0.39, 0.29) is 12.0 Å². The third-order valence-electron chi connectivity index (χ3n) is 3.74. The predicted octanol–water partition coefficient (Wildman–Crippen LogP) is 2.68. The van der Waals surface area contributed by atoms with Crippen LogP contribution in [0.15, 0.2) is 34.9 Å². The summed E-state index contributed by atoms with van der Waals surface area (Å²) in [6, 6.07) is 10.1. The normalized spacial score (nSPS) is 23.4. The van der Waals surface area contributed by atoms with E-state index in [2.05, 4.69) is 10.1 Å². The highest BCUT2D eigenvalue weighted by Crippen LogP contribution is 2.32. The number of hydrogen-bond acceptors (Lipinski definition) is 4. The van der Waals surface area contributed by atoms with Crippen LogP contribution in [0.4, 0.5) is 0 Å². The predicted molar refractivity (Wildman–Crippen MR) is 70.8 cm³/mol. The van der Waals surface area contributed by atoms with Crippen molar-refractivity contribution in [2.75, 3.05) is 0 Å². The molecule has 1 heterocycles. The molecule has 0 spiro atoms. The number of benzene rings is 1. The van der Waals surface area contributed by atoms with Crippen molar-refractivity contribution < 1.29 is 9.63 Å². The van der Waals surface area contributed by atoms with Gasteiger partial charge in [0.2, 0.25) is 5.89 Å². The Labute approximate surface area is 112 Å². The summed E-state index contributed by atoms with van der Waals surface area (Å²) in [5.74, 6) is 1.31. The van der Waals surface area contributed by atoms with Gasteiger partial charge in [-0.15, -0.1) is 0 Å². The Morgan fingerprint density at radius 3 is 2.74 bits per heavy atom. The fraction of sp³-hybridized carbons (Fsp3) is 0.467. The topological polar surface area (TPSA) is 59.2 Å². The van der Waals surface area contributed by atoms with E-state index in [0.717, 1.165) is 25.7 Å². The molecule has 3 rings (SSSR count). The molecule has 1 aliphatic carbocycles. The van der Waals surface area contributed by atoms with Crippen LogP contribution in [0.1, 0.15) is 48.9 Å². The van der Waals surface area contributed by atoms with Crippen molar-refractivity contribution in [2.45, 2.75) is 44.1 Å². The number of hydrogen-bond donors (Lipinski definition) is 1. The zero-order valence-electron chi connectivity index (χ0n) is 10.8. The van der Waals surface area contributed by atoms with Crippen LogP contribution < -0.4 is 0 Å². The van der Waals surface area contributed by atoms with Crippen molar-refractivity contribution in [1.82, 2.24) is 10.1 Å². The first-order valence-corrected chi connectivity index (χ1v) is 6.87. The van der Waals surface area contributed by atoms with Gasteiger partial charge in [-0.25, -0.2) is 0 Å². The molecule has 1 aromatic carbocycles. The number of rotatable bonds is 3. The molecule has 1 aliphatic rings. The van der Waals surface area contributed by atoms with Gasteiger partial charge in [-0.1, -0.05) is 48.3 Å². The molecule has 19 heavy (non-hydrogen) atoms. The van der Waals surface area contributed by atoms with Gasteiger partial charge in [0.15, 0.2) is 5.82 Å². The molecule has 1 saturated carbocycles. The quantitative estimate of drug-likeness (QED) is 0.919. The largest absolute Gasteiger partial charge is 0.392 e. The van der Waals surface area contributed by atoms with Crippen LogP contribution >= 0.6 is 0 Å². The lowest BCUT2D eigenvalue weighted by atomic mass is 9.86. The van der Waals surface area contributed by atoms with Gasteiger partial charge in [0.05, 0.1) is 12.0 Å². The standard InChI is InChI=1S/C15H18N2O2/c18-13-9-5-4-8-12(13)15-16-14(17-19-15)10-11-6-2-1-3-7-11/h1-3,6-7,12-13,18H,4-5,8-10H2. The molecule has 2 atom stereocenters. The maximum atomic E-state index is 9.99. The minimum absolute atomic E-state index is 0.0192. The summed E-state index contributed by atoms with van der Waals surface area (Å²) in [5, 5.41) is 14.0. The first-order valence-electron chi connectivity index (χ1n) is 6.87. The summed E-state index contributed by atoms with van der Waals surface area (Å²) in [6.45, 7) is 0. The summed E-state index contributed by atoms with van der Waals surface area (Å²) in [5.41, 5.74) is 1.17. The van der Waals surface area contributed by atoms with Crippen LogP contribution in [0.25, 0.3) is 0 Å². The summed E-state index contributed by atoms with van der Waals surface area (Å²) in [6.07, 6.45) is 4.32. The second-order valence-corrected chi connectivity index (χ2v) is 5.17. The second kappa shape index (κ2) is 5.53. The van der Waals surface area contributed by atoms with E-state index in [1.165, 1.54) is 5.56 Å². The van der Waals surface area contributed by atoms with E-state index in [1.54, 1.807) is 0 Å². The molecule has 0 bridgehead atoms. The maximum absolute atomic E-state index is 9.99. The van der Waals surface area contributed by atoms with Gasteiger partial charge >= 0.3 is 0 Å². The number of aliphatic hydroxyl groups excluding tert-OH is 1. The molecule has 4 nitrogen and oxygen atoms in total. The minimum Gasteiger partial charge on any atom is -0.392 e. The molecule has 0 radical (unpaired) electrons. The third kappa shape index (κ3) is 2.84. The molecule has 0 amide bonds. The van der Waals surface area contributed by atoms with Crippen molar-refractivity contribution in [3.63, 3.8) is 0 Å². The van der Waals surface area contributed by atoms with E-state index in [4.69, 9.17) is 4.52 Å². The average Bonchev–Trinajstić information content (AvgIpc) is 2.89. The van der Waals surface area contributed by atoms with E-state index < -0.39 is 0 Å². The van der Waals surface area contributed by atoms with E-state index in [9.17, 15) is 5.11 Å². The maximum Gasteiger partial charge on any atom is 0.232 e. The van der Waals surface area contributed by atoms with Gasteiger partial charge in [-0.05, 0) is 18.4 Å². The lowest BCUT2D eigenvalue weighted by Gasteiger charge is -2.24. The number of nitrogens with zero attached hydrogens (tertiary/aromatic N) is 2. The van der Waals surface area contributed by atoms with E-state index >= 15 is 0 Å². The number of aliphatic hydroxyl groups is 1. The fourth-order valence-electron chi connectivity index (χ4n) is 2.67. The van der Waals surface area contributed by atoms with Crippen molar-refractivity contribution >= 4 is 0 Å². The minimum atomic E-state index is -0.334. The zero-order chi connectivity index (χ0) is 13.1. The highest BCUT2D eigenvalue weighted by atomic mass is 16.5. The molecular formula is C15H18N2O2. The molecule has 1 aromatic heterocycles. The van der Waals surface area contributed by atoms with Gasteiger partial charge in [0, 0.05) is 6.42 Å². The van der Waals surface area contributed by atoms with Gasteiger partial charge in [0.1, 0.15) is 0 Å². The Bertz CT molecular complexity index is 524.